The van der Waals surface area contributed by atoms with Crippen molar-refractivity contribution >= 4 is 5.69 Å². The van der Waals surface area contributed by atoms with Gasteiger partial charge in [0.2, 0.25) is 0 Å². The van der Waals surface area contributed by atoms with Crippen molar-refractivity contribution in [3.05, 3.63) is 54.1 Å². The van der Waals surface area contributed by atoms with E-state index in [1.807, 2.05) is 13.8 Å². The third-order valence-corrected chi connectivity index (χ3v) is 3.48. The van der Waals surface area contributed by atoms with Gasteiger partial charge in [0.1, 0.15) is 0 Å². The average Bonchev–Trinajstić information content (AvgIpc) is 2.90. The zero-order chi connectivity index (χ0) is 16.4. The van der Waals surface area contributed by atoms with E-state index in [9.17, 15) is 0 Å². The van der Waals surface area contributed by atoms with E-state index < -0.39 is 0 Å². The molecule has 0 atom stereocenters. The molecule has 0 saturated carbocycles. The van der Waals surface area contributed by atoms with Gasteiger partial charge in [-0.2, -0.15) is 0 Å². The molecule has 2 nitrogen and oxygen atoms in total. The van der Waals surface area contributed by atoms with Crippen molar-refractivity contribution in [3.63, 3.8) is 0 Å². The largest absolute Gasteiger partial charge is 0.301 e. The Labute approximate surface area is 137 Å². The summed E-state index contributed by atoms with van der Waals surface area (Å²) in [5.74, 6) is 0. The molecule has 122 valence electrons. The topological polar surface area (TPSA) is 6.48 Å². The summed E-state index contributed by atoms with van der Waals surface area (Å²) in [5.41, 5.74) is 4.09. The van der Waals surface area contributed by atoms with Crippen molar-refractivity contribution in [1.29, 1.82) is 0 Å². The maximum absolute atomic E-state index is 4.19. The highest BCUT2D eigenvalue weighted by molar-refractivity contribution is 5.57. The predicted molar refractivity (Wildman–Crippen MR) is 99.0 cm³/mol. The second kappa shape index (κ2) is 10.2. The summed E-state index contributed by atoms with van der Waals surface area (Å²) in [7, 11) is 0. The van der Waals surface area contributed by atoms with Gasteiger partial charge >= 0.3 is 0 Å². The molecular weight excluding hydrogens is 268 g/mol. The summed E-state index contributed by atoms with van der Waals surface area (Å²) in [6.45, 7) is 15.4. The van der Waals surface area contributed by atoms with Gasteiger partial charge in [-0.25, -0.2) is 5.01 Å². The van der Waals surface area contributed by atoms with Gasteiger partial charge < -0.3 is 5.01 Å². The van der Waals surface area contributed by atoms with Crippen LogP contribution >= 0.6 is 0 Å². The number of anilines is 1. The number of hydrazine groups is 1. The summed E-state index contributed by atoms with van der Waals surface area (Å²) in [5, 5.41) is 4.78. The third-order valence-electron chi connectivity index (χ3n) is 3.48. The van der Waals surface area contributed by atoms with Gasteiger partial charge in [0.05, 0.1) is 12.2 Å². The van der Waals surface area contributed by atoms with Crippen molar-refractivity contribution in [2.24, 2.45) is 0 Å². The first-order chi connectivity index (χ1) is 10.8. The normalized spacial score (nSPS) is 18.4. The van der Waals surface area contributed by atoms with E-state index in [1.54, 1.807) is 0 Å². The minimum Gasteiger partial charge on any atom is -0.301 e. The van der Waals surface area contributed by atoms with Crippen LogP contribution in [0, 0.1) is 0 Å². The number of rotatable bonds is 0. The Balaban J connectivity index is 0.000000435. The van der Waals surface area contributed by atoms with Gasteiger partial charge in [0, 0.05) is 13.1 Å². The number of hydrogen-bond donors (Lipinski definition) is 0. The highest BCUT2D eigenvalue weighted by Crippen LogP contribution is 2.32. The van der Waals surface area contributed by atoms with Crippen molar-refractivity contribution in [2.45, 2.75) is 53.5 Å². The number of hydrogen-bond acceptors (Lipinski definition) is 2. The monoisotopic (exact) mass is 300 g/mol. The third kappa shape index (κ3) is 5.03. The highest BCUT2D eigenvalue weighted by Gasteiger charge is 2.26. The molecule has 0 N–H and O–H groups in total. The summed E-state index contributed by atoms with van der Waals surface area (Å²) < 4.78 is 0. The zero-order valence-corrected chi connectivity index (χ0v) is 14.8. The molecule has 0 radical (unpaired) electrons. The van der Waals surface area contributed by atoms with Gasteiger partial charge in [-0.1, -0.05) is 76.6 Å². The van der Waals surface area contributed by atoms with E-state index in [1.165, 1.54) is 23.2 Å². The van der Waals surface area contributed by atoms with Crippen LogP contribution in [0.4, 0.5) is 5.69 Å². The quantitative estimate of drug-likeness (QED) is 0.578. The van der Waals surface area contributed by atoms with Crippen molar-refractivity contribution < 1.29 is 0 Å². The Morgan fingerprint density at radius 1 is 1.05 bits per heavy atom. The molecule has 2 heterocycles. The van der Waals surface area contributed by atoms with Crippen molar-refractivity contribution in [2.75, 3.05) is 18.1 Å². The van der Waals surface area contributed by atoms with E-state index >= 15 is 0 Å². The van der Waals surface area contributed by atoms with Crippen LogP contribution in [0.1, 0.15) is 52.5 Å². The van der Waals surface area contributed by atoms with E-state index in [0.29, 0.717) is 0 Å². The smallest absolute Gasteiger partial charge is 0.0572 e. The lowest BCUT2D eigenvalue weighted by Gasteiger charge is -2.29. The molecule has 1 aromatic carbocycles. The first-order valence-electron chi connectivity index (χ1n) is 8.68. The van der Waals surface area contributed by atoms with Crippen LogP contribution in [0.15, 0.2) is 48.6 Å². The molecule has 3 rings (SSSR count). The first kappa shape index (κ1) is 18.5. The second-order valence-electron chi connectivity index (χ2n) is 5.50. The van der Waals surface area contributed by atoms with E-state index in [0.717, 1.165) is 32.5 Å². The molecule has 0 fully saturated rings. The molecular formula is C20H32N2. The van der Waals surface area contributed by atoms with Crippen LogP contribution in [0.2, 0.25) is 0 Å². The van der Waals surface area contributed by atoms with E-state index in [-0.39, 0.29) is 0 Å². The lowest BCUT2D eigenvalue weighted by atomic mass is 10.1. The lowest BCUT2D eigenvalue weighted by Crippen LogP contribution is -2.38. The predicted octanol–water partition coefficient (Wildman–Crippen LogP) is 5.57. The minimum atomic E-state index is 0.957. The summed E-state index contributed by atoms with van der Waals surface area (Å²) in [6, 6.07) is 8.68. The molecule has 0 aromatic heterocycles. The molecule has 2 aliphatic heterocycles. The van der Waals surface area contributed by atoms with Crippen LogP contribution in [-0.2, 0) is 6.54 Å². The van der Waals surface area contributed by atoms with Crippen molar-refractivity contribution in [3.8, 4) is 0 Å². The van der Waals surface area contributed by atoms with Crippen LogP contribution < -0.4 is 5.01 Å². The molecule has 0 saturated heterocycles. The molecule has 0 amide bonds. The van der Waals surface area contributed by atoms with E-state index in [4.69, 9.17) is 0 Å². The van der Waals surface area contributed by atoms with Gasteiger partial charge in [-0.05, 0) is 24.5 Å². The lowest BCUT2D eigenvalue weighted by molar-refractivity contribution is 0.298. The van der Waals surface area contributed by atoms with E-state index in [2.05, 4.69) is 66.9 Å². The molecule has 0 spiro atoms. The summed E-state index contributed by atoms with van der Waals surface area (Å²) in [6.07, 6.45) is 8.03. The van der Waals surface area contributed by atoms with Crippen LogP contribution in [0.5, 0.6) is 0 Å². The number of para-hydroxylation sites is 1. The number of fused-ring (bicyclic) bond motifs is 3. The molecule has 0 bridgehead atoms. The standard InChI is InChI=1S/C15H18N2.C3H8.C2H6/c1-13-7-3-2-6-10-16-12-14-8-4-5-9-15(14)17(16)11-13;1-3-2;1-2/h2,4-6,8-9H,1,3,7,10-12H2;3H2,1-2H3;1-2H3/b6-2-;;. The fourth-order valence-corrected chi connectivity index (χ4v) is 2.57. The van der Waals surface area contributed by atoms with Gasteiger partial charge in [0.15, 0.2) is 0 Å². The Morgan fingerprint density at radius 2 is 1.73 bits per heavy atom. The Morgan fingerprint density at radius 3 is 2.45 bits per heavy atom. The summed E-state index contributed by atoms with van der Waals surface area (Å²) >= 11 is 0. The van der Waals surface area contributed by atoms with Gasteiger partial charge in [-0.3, -0.25) is 0 Å². The zero-order valence-electron chi connectivity index (χ0n) is 14.8. The van der Waals surface area contributed by atoms with Crippen molar-refractivity contribution in [1.82, 2.24) is 5.01 Å². The average molecular weight is 300 g/mol. The first-order valence-corrected chi connectivity index (χ1v) is 8.68. The maximum Gasteiger partial charge on any atom is 0.0572 e. The molecule has 22 heavy (non-hydrogen) atoms. The second-order valence-corrected chi connectivity index (χ2v) is 5.50. The highest BCUT2D eigenvalue weighted by atomic mass is 15.6. The molecule has 1 aromatic rings. The molecule has 2 aliphatic rings. The minimum absolute atomic E-state index is 0.957. The maximum atomic E-state index is 4.19. The molecule has 0 aliphatic carbocycles. The Bertz CT molecular complexity index is 476. The molecule has 2 heteroatoms. The van der Waals surface area contributed by atoms with Crippen LogP contribution in [0.3, 0.4) is 0 Å². The molecule has 0 unspecified atom stereocenters. The Hall–Kier alpha value is -1.54. The van der Waals surface area contributed by atoms with Gasteiger partial charge in [-0.15, -0.1) is 0 Å². The van der Waals surface area contributed by atoms with Crippen LogP contribution in [0.25, 0.3) is 0 Å². The fourth-order valence-electron chi connectivity index (χ4n) is 2.57. The SMILES string of the molecule is C=C1CC/C=C\CN2Cc3ccccc3N2C1.CC.CCC. The van der Waals surface area contributed by atoms with Gasteiger partial charge in [0.25, 0.3) is 0 Å². The Kier molecular flexibility index (Phi) is 8.61. The fraction of sp³-hybridized carbons (Fsp3) is 0.500. The number of nitrogens with zero attached hydrogens (tertiary/aromatic N) is 2. The number of benzene rings is 1. The van der Waals surface area contributed by atoms with Crippen LogP contribution in [-0.4, -0.2) is 18.1 Å². The number of allylic oxidation sites excluding steroid dienone is 1. The summed E-state index contributed by atoms with van der Waals surface area (Å²) in [4.78, 5) is 0.